The number of fused-ring (bicyclic) bond motifs is 3. The zero-order chi connectivity index (χ0) is 13.6. The molecule has 5 heteroatoms. The summed E-state index contributed by atoms with van der Waals surface area (Å²) < 4.78 is 17.0. The zero-order valence-corrected chi connectivity index (χ0v) is 11.8. The van der Waals surface area contributed by atoms with Crippen molar-refractivity contribution >= 4 is 27.4 Å². The van der Waals surface area contributed by atoms with Gasteiger partial charge in [-0.25, -0.2) is 4.79 Å². The van der Waals surface area contributed by atoms with Gasteiger partial charge in [-0.1, -0.05) is 0 Å². The average Bonchev–Trinajstić information content (AvgIpc) is 2.76. The predicted molar refractivity (Wildman–Crippen MR) is 73.5 cm³/mol. The lowest BCUT2D eigenvalue weighted by Gasteiger charge is -2.19. The van der Waals surface area contributed by atoms with Crippen LogP contribution < -0.4 is 9.47 Å². The van der Waals surface area contributed by atoms with Crippen LogP contribution in [0.4, 0.5) is 0 Å². The molecule has 1 aliphatic rings. The molecule has 0 aliphatic carbocycles. The summed E-state index contributed by atoms with van der Waals surface area (Å²) in [6.45, 7) is 1.90. The summed E-state index contributed by atoms with van der Waals surface area (Å²) in [7, 11) is 3.24. The van der Waals surface area contributed by atoms with Crippen molar-refractivity contribution in [3.05, 3.63) is 22.6 Å². The third-order valence-corrected chi connectivity index (χ3v) is 4.43. The normalized spacial score (nSPS) is 18.1. The van der Waals surface area contributed by atoms with Crippen molar-refractivity contribution in [2.24, 2.45) is 0 Å². The minimum Gasteiger partial charge on any atom is -0.497 e. The fourth-order valence-corrected chi connectivity index (χ4v) is 3.59. The number of esters is 1. The number of hydrogen-bond donors (Lipinski definition) is 0. The fraction of sp³-hybridized carbons (Fsp3) is 0.357. The number of cyclic esters (lactones) is 1. The zero-order valence-electron chi connectivity index (χ0n) is 11.0. The molecule has 0 bridgehead atoms. The van der Waals surface area contributed by atoms with Crippen molar-refractivity contribution in [2.45, 2.75) is 19.4 Å². The molecule has 0 spiro atoms. The van der Waals surface area contributed by atoms with E-state index < -0.39 is 0 Å². The van der Waals surface area contributed by atoms with Crippen molar-refractivity contribution < 1.29 is 19.0 Å². The molecule has 0 saturated heterocycles. The van der Waals surface area contributed by atoms with E-state index in [1.54, 1.807) is 14.2 Å². The molecule has 4 nitrogen and oxygen atoms in total. The highest BCUT2D eigenvalue weighted by atomic mass is 32.1. The predicted octanol–water partition coefficient (Wildman–Crippen LogP) is 3.02. The first-order chi connectivity index (χ1) is 9.13. The van der Waals surface area contributed by atoms with Gasteiger partial charge in [-0.3, -0.25) is 0 Å². The minimum atomic E-state index is -0.240. The second kappa shape index (κ2) is 4.42. The van der Waals surface area contributed by atoms with Crippen molar-refractivity contribution in [1.82, 2.24) is 0 Å². The van der Waals surface area contributed by atoms with Crippen molar-refractivity contribution in [3.8, 4) is 11.5 Å². The molecule has 0 saturated carbocycles. The van der Waals surface area contributed by atoms with Gasteiger partial charge in [0.25, 0.3) is 0 Å². The van der Waals surface area contributed by atoms with Crippen LogP contribution in [0.2, 0.25) is 0 Å². The van der Waals surface area contributed by atoms with Crippen LogP contribution in [0.15, 0.2) is 12.1 Å². The standard InChI is InChI=1S/C14H14O4S/c1-7-4-9-12-10(17-3)5-8(16-2)6-11(12)19-13(9)14(15)18-7/h5-7H,4H2,1-3H3. The molecule has 1 aliphatic heterocycles. The van der Waals surface area contributed by atoms with Gasteiger partial charge >= 0.3 is 5.97 Å². The molecular weight excluding hydrogens is 264 g/mol. The van der Waals surface area contributed by atoms with Crippen LogP contribution in [0.1, 0.15) is 22.2 Å². The number of ether oxygens (including phenoxy) is 3. The molecular formula is C14H14O4S. The lowest BCUT2D eigenvalue weighted by molar-refractivity contribution is 0.0311. The maximum Gasteiger partial charge on any atom is 0.348 e. The molecule has 0 N–H and O–H groups in total. The first kappa shape index (κ1) is 12.3. The SMILES string of the molecule is COc1cc(OC)c2c3c(sc2c1)C(=O)OC(C)C3. The van der Waals surface area contributed by atoms with E-state index in [0.717, 1.165) is 33.6 Å². The highest BCUT2D eigenvalue weighted by Gasteiger charge is 2.29. The monoisotopic (exact) mass is 278 g/mol. The number of carbonyl (C=O) groups is 1. The van der Waals surface area contributed by atoms with Gasteiger partial charge in [-0.05, 0) is 18.6 Å². The lowest BCUT2D eigenvalue weighted by atomic mass is 10.0. The van der Waals surface area contributed by atoms with Crippen molar-refractivity contribution in [1.29, 1.82) is 0 Å². The van der Waals surface area contributed by atoms with Crippen LogP contribution in [-0.4, -0.2) is 26.3 Å². The van der Waals surface area contributed by atoms with Crippen LogP contribution in [0, 0.1) is 0 Å². The summed E-state index contributed by atoms with van der Waals surface area (Å²) >= 11 is 1.43. The summed E-state index contributed by atoms with van der Waals surface area (Å²) in [4.78, 5) is 12.6. The summed E-state index contributed by atoms with van der Waals surface area (Å²) in [6, 6.07) is 3.78. The Hall–Kier alpha value is -1.75. The summed E-state index contributed by atoms with van der Waals surface area (Å²) in [6.07, 6.45) is 0.633. The molecule has 0 fully saturated rings. The van der Waals surface area contributed by atoms with E-state index in [0.29, 0.717) is 4.88 Å². The number of carbonyl (C=O) groups excluding carboxylic acids is 1. The van der Waals surface area contributed by atoms with Gasteiger partial charge in [0.2, 0.25) is 0 Å². The summed E-state index contributed by atoms with van der Waals surface area (Å²) in [5.74, 6) is 1.23. The van der Waals surface area contributed by atoms with Gasteiger partial charge in [0.05, 0.1) is 14.2 Å². The molecule has 0 amide bonds. The second-order valence-corrected chi connectivity index (χ2v) is 5.58. The lowest BCUT2D eigenvalue weighted by Crippen LogP contribution is -2.23. The Morgan fingerprint density at radius 1 is 1.32 bits per heavy atom. The average molecular weight is 278 g/mol. The van der Waals surface area contributed by atoms with Gasteiger partial charge in [-0.2, -0.15) is 0 Å². The van der Waals surface area contributed by atoms with Gasteiger partial charge in [-0.15, -0.1) is 11.3 Å². The fourth-order valence-electron chi connectivity index (χ4n) is 2.43. The third kappa shape index (κ3) is 1.85. The van der Waals surface area contributed by atoms with E-state index in [4.69, 9.17) is 14.2 Å². The number of methoxy groups -OCH3 is 2. The Bertz CT molecular complexity index is 659. The molecule has 3 rings (SSSR count). The van der Waals surface area contributed by atoms with E-state index in [1.807, 2.05) is 19.1 Å². The maximum absolute atomic E-state index is 11.9. The Morgan fingerprint density at radius 2 is 2.11 bits per heavy atom. The molecule has 0 radical (unpaired) electrons. The van der Waals surface area contributed by atoms with E-state index in [2.05, 4.69) is 0 Å². The first-order valence-electron chi connectivity index (χ1n) is 6.02. The molecule has 1 aromatic carbocycles. The smallest absolute Gasteiger partial charge is 0.348 e. The van der Waals surface area contributed by atoms with Crippen LogP contribution in [0.3, 0.4) is 0 Å². The van der Waals surface area contributed by atoms with Gasteiger partial charge in [0, 0.05) is 22.6 Å². The largest absolute Gasteiger partial charge is 0.497 e. The molecule has 2 heterocycles. The number of thiophene rings is 1. The Labute approximate surface area is 114 Å². The second-order valence-electron chi connectivity index (χ2n) is 4.53. The number of benzene rings is 1. The highest BCUT2D eigenvalue weighted by molar-refractivity contribution is 7.21. The molecule has 100 valence electrons. The maximum atomic E-state index is 11.9. The van der Waals surface area contributed by atoms with Gasteiger partial charge in [0.1, 0.15) is 22.5 Å². The Balaban J connectivity index is 2.31. The topological polar surface area (TPSA) is 44.8 Å². The number of rotatable bonds is 2. The minimum absolute atomic E-state index is 0.0930. The van der Waals surface area contributed by atoms with Gasteiger partial charge < -0.3 is 14.2 Å². The van der Waals surface area contributed by atoms with E-state index in [-0.39, 0.29) is 12.1 Å². The summed E-state index contributed by atoms with van der Waals surface area (Å²) in [5, 5.41) is 1.01. The van der Waals surface area contributed by atoms with Crippen LogP contribution in [-0.2, 0) is 11.2 Å². The van der Waals surface area contributed by atoms with E-state index in [1.165, 1.54) is 11.3 Å². The van der Waals surface area contributed by atoms with Crippen LogP contribution in [0.25, 0.3) is 10.1 Å². The van der Waals surface area contributed by atoms with Gasteiger partial charge in [0.15, 0.2) is 0 Å². The third-order valence-electron chi connectivity index (χ3n) is 3.27. The highest BCUT2D eigenvalue weighted by Crippen LogP contribution is 2.42. The van der Waals surface area contributed by atoms with E-state index in [9.17, 15) is 4.79 Å². The molecule has 1 unspecified atom stereocenters. The Kier molecular flexibility index (Phi) is 2.86. The molecule has 1 aromatic heterocycles. The molecule has 1 atom stereocenters. The summed E-state index contributed by atoms with van der Waals surface area (Å²) in [5.41, 5.74) is 1.03. The Morgan fingerprint density at radius 3 is 2.79 bits per heavy atom. The van der Waals surface area contributed by atoms with E-state index >= 15 is 0 Å². The molecule has 2 aromatic rings. The van der Waals surface area contributed by atoms with Crippen molar-refractivity contribution in [3.63, 3.8) is 0 Å². The first-order valence-corrected chi connectivity index (χ1v) is 6.84. The quantitative estimate of drug-likeness (QED) is 0.792. The molecule has 19 heavy (non-hydrogen) atoms. The van der Waals surface area contributed by atoms with Crippen LogP contribution in [0.5, 0.6) is 11.5 Å². The van der Waals surface area contributed by atoms with Crippen molar-refractivity contribution in [2.75, 3.05) is 14.2 Å². The number of hydrogen-bond acceptors (Lipinski definition) is 5. The van der Waals surface area contributed by atoms with Crippen LogP contribution >= 0.6 is 11.3 Å².